The maximum atomic E-state index is 11.9. The van der Waals surface area contributed by atoms with Crippen molar-refractivity contribution in [3.63, 3.8) is 0 Å². The van der Waals surface area contributed by atoms with Crippen molar-refractivity contribution in [1.82, 2.24) is 4.98 Å². The highest BCUT2D eigenvalue weighted by Gasteiger charge is 2.11. The summed E-state index contributed by atoms with van der Waals surface area (Å²) >= 11 is 5.88. The molecule has 17 heavy (non-hydrogen) atoms. The molecule has 0 spiro atoms. The number of nitrogen functional groups attached to an aromatic ring is 1. The summed E-state index contributed by atoms with van der Waals surface area (Å²) < 4.78 is 0. The van der Waals surface area contributed by atoms with Crippen LogP contribution in [0, 0.1) is 0 Å². The van der Waals surface area contributed by atoms with E-state index in [0.29, 0.717) is 11.3 Å². The third kappa shape index (κ3) is 2.73. The quantitative estimate of drug-likeness (QED) is 0.857. The summed E-state index contributed by atoms with van der Waals surface area (Å²) in [6, 6.07) is 10.6. The van der Waals surface area contributed by atoms with Gasteiger partial charge < -0.3 is 11.1 Å². The van der Waals surface area contributed by atoms with Crippen molar-refractivity contribution in [2.45, 2.75) is 0 Å². The molecule has 0 fully saturated rings. The average molecular weight is 248 g/mol. The van der Waals surface area contributed by atoms with Crippen molar-refractivity contribution >= 4 is 29.0 Å². The lowest BCUT2D eigenvalue weighted by molar-refractivity contribution is 0.102. The van der Waals surface area contributed by atoms with Gasteiger partial charge in [0.25, 0.3) is 5.91 Å². The molecule has 1 aromatic heterocycles. The first-order valence-corrected chi connectivity index (χ1v) is 5.32. The van der Waals surface area contributed by atoms with Gasteiger partial charge in [-0.2, -0.15) is 0 Å². The molecule has 0 bridgehead atoms. The van der Waals surface area contributed by atoms with E-state index in [2.05, 4.69) is 10.3 Å². The molecular formula is C12H10ClN3O. The molecule has 4 nitrogen and oxygen atoms in total. The fourth-order valence-electron chi connectivity index (χ4n) is 1.35. The smallest absolute Gasteiger partial charge is 0.257 e. The van der Waals surface area contributed by atoms with E-state index in [1.54, 1.807) is 12.1 Å². The molecule has 5 heteroatoms. The molecule has 2 aromatic rings. The molecule has 0 aliphatic heterocycles. The predicted octanol–water partition coefficient (Wildman–Crippen LogP) is 2.57. The van der Waals surface area contributed by atoms with Gasteiger partial charge in [0, 0.05) is 11.9 Å². The first-order valence-electron chi connectivity index (χ1n) is 4.94. The van der Waals surface area contributed by atoms with Gasteiger partial charge in [-0.25, -0.2) is 4.98 Å². The second-order valence-electron chi connectivity index (χ2n) is 3.41. The number of pyridine rings is 1. The Bertz CT molecular complexity index is 543. The number of carbonyl (C=O) groups excluding carboxylic acids is 1. The monoisotopic (exact) mass is 247 g/mol. The van der Waals surface area contributed by atoms with Gasteiger partial charge >= 0.3 is 0 Å². The number of benzene rings is 1. The van der Waals surface area contributed by atoms with Crippen LogP contribution in [0.1, 0.15) is 10.4 Å². The molecule has 0 aliphatic rings. The molecule has 1 aromatic carbocycles. The Kier molecular flexibility index (Phi) is 3.25. The largest absolute Gasteiger partial charge is 0.384 e. The topological polar surface area (TPSA) is 68.0 Å². The second-order valence-corrected chi connectivity index (χ2v) is 3.82. The summed E-state index contributed by atoms with van der Waals surface area (Å²) in [4.78, 5) is 15.7. The average Bonchev–Trinajstić information content (AvgIpc) is 2.33. The van der Waals surface area contributed by atoms with Gasteiger partial charge in [-0.1, -0.05) is 29.8 Å². The van der Waals surface area contributed by atoms with E-state index in [-0.39, 0.29) is 16.7 Å². The van der Waals surface area contributed by atoms with E-state index in [1.807, 2.05) is 18.2 Å². The highest BCUT2D eigenvalue weighted by molar-refractivity contribution is 6.34. The summed E-state index contributed by atoms with van der Waals surface area (Å²) in [5.74, 6) is -0.0529. The molecule has 3 N–H and O–H groups in total. The van der Waals surface area contributed by atoms with Gasteiger partial charge in [0.15, 0.2) is 0 Å². The van der Waals surface area contributed by atoms with Crippen LogP contribution >= 0.6 is 11.6 Å². The molecule has 1 amide bonds. The van der Waals surface area contributed by atoms with E-state index in [9.17, 15) is 4.79 Å². The summed E-state index contributed by atoms with van der Waals surface area (Å²) in [6.45, 7) is 0. The number of nitrogens with zero attached hydrogens (tertiary/aromatic N) is 1. The van der Waals surface area contributed by atoms with E-state index in [4.69, 9.17) is 17.3 Å². The number of rotatable bonds is 2. The Morgan fingerprint density at radius 3 is 2.71 bits per heavy atom. The normalized spacial score (nSPS) is 9.94. The van der Waals surface area contributed by atoms with Gasteiger partial charge in [0.2, 0.25) is 0 Å². The van der Waals surface area contributed by atoms with Crippen molar-refractivity contribution in [2.24, 2.45) is 0 Å². The molecule has 0 atom stereocenters. The maximum Gasteiger partial charge on any atom is 0.257 e. The third-order valence-electron chi connectivity index (χ3n) is 2.15. The highest BCUT2D eigenvalue weighted by Crippen LogP contribution is 2.18. The molecule has 0 saturated heterocycles. The number of hydrogen-bond donors (Lipinski definition) is 2. The van der Waals surface area contributed by atoms with Gasteiger partial charge in [0.05, 0.1) is 10.6 Å². The van der Waals surface area contributed by atoms with Gasteiger partial charge in [-0.05, 0) is 18.2 Å². The molecule has 0 saturated carbocycles. The molecule has 86 valence electrons. The zero-order valence-corrected chi connectivity index (χ0v) is 9.61. The van der Waals surface area contributed by atoms with Crippen molar-refractivity contribution < 1.29 is 4.79 Å². The summed E-state index contributed by atoms with van der Waals surface area (Å²) in [7, 11) is 0. The second kappa shape index (κ2) is 4.84. The van der Waals surface area contributed by atoms with Crippen molar-refractivity contribution in [2.75, 3.05) is 11.1 Å². The van der Waals surface area contributed by atoms with E-state index in [0.717, 1.165) is 0 Å². The van der Waals surface area contributed by atoms with E-state index in [1.165, 1.54) is 12.3 Å². The number of aromatic nitrogens is 1. The van der Waals surface area contributed by atoms with Crippen molar-refractivity contribution in [1.29, 1.82) is 0 Å². The molecule has 0 radical (unpaired) electrons. The van der Waals surface area contributed by atoms with Crippen LogP contribution in [-0.2, 0) is 0 Å². The minimum atomic E-state index is -0.310. The number of amides is 1. The fourth-order valence-corrected chi connectivity index (χ4v) is 1.54. The zero-order valence-electron chi connectivity index (χ0n) is 8.85. The van der Waals surface area contributed by atoms with Crippen LogP contribution in [0.15, 0.2) is 42.6 Å². The van der Waals surface area contributed by atoms with Crippen molar-refractivity contribution in [3.05, 3.63) is 53.2 Å². The number of halogens is 1. The van der Waals surface area contributed by atoms with E-state index >= 15 is 0 Å². The number of nitrogens with one attached hydrogen (secondary N) is 1. The zero-order chi connectivity index (χ0) is 12.3. The summed E-state index contributed by atoms with van der Waals surface area (Å²) in [5.41, 5.74) is 6.52. The Hall–Kier alpha value is -2.07. The number of para-hydroxylation sites is 1. The first kappa shape index (κ1) is 11.4. The van der Waals surface area contributed by atoms with Crippen LogP contribution < -0.4 is 11.1 Å². The number of nitrogens with two attached hydrogens (primary N) is 1. The molecule has 1 heterocycles. The first-order chi connectivity index (χ1) is 8.16. The SMILES string of the molecule is Nc1cc(C(=O)Nc2ccccc2)c(Cl)cn1. The van der Waals surface area contributed by atoms with Crippen LogP contribution in [0.3, 0.4) is 0 Å². The van der Waals surface area contributed by atoms with Crippen LogP contribution in [0.5, 0.6) is 0 Å². The minimum absolute atomic E-state index is 0.257. The standard InChI is InChI=1S/C12H10ClN3O/c13-10-7-15-11(14)6-9(10)12(17)16-8-4-2-1-3-5-8/h1-7H,(H2,14,15)(H,16,17). The van der Waals surface area contributed by atoms with Gasteiger partial charge in [-0.15, -0.1) is 0 Å². The molecule has 0 unspecified atom stereocenters. The lowest BCUT2D eigenvalue weighted by Gasteiger charge is -2.06. The predicted molar refractivity (Wildman–Crippen MR) is 68.1 cm³/mol. The molecule has 0 aliphatic carbocycles. The van der Waals surface area contributed by atoms with E-state index < -0.39 is 0 Å². The van der Waals surface area contributed by atoms with Crippen molar-refractivity contribution in [3.8, 4) is 0 Å². The fraction of sp³-hybridized carbons (Fsp3) is 0. The Morgan fingerprint density at radius 2 is 2.00 bits per heavy atom. The molecular weight excluding hydrogens is 238 g/mol. The van der Waals surface area contributed by atoms with Gasteiger partial charge in [-0.3, -0.25) is 4.79 Å². The summed E-state index contributed by atoms with van der Waals surface area (Å²) in [6.07, 6.45) is 1.36. The summed E-state index contributed by atoms with van der Waals surface area (Å²) in [5, 5.41) is 2.99. The van der Waals surface area contributed by atoms with Crippen LogP contribution in [0.4, 0.5) is 11.5 Å². The number of hydrogen-bond acceptors (Lipinski definition) is 3. The van der Waals surface area contributed by atoms with Crippen LogP contribution in [0.25, 0.3) is 0 Å². The van der Waals surface area contributed by atoms with Gasteiger partial charge in [0.1, 0.15) is 5.82 Å². The highest BCUT2D eigenvalue weighted by atomic mass is 35.5. The minimum Gasteiger partial charge on any atom is -0.384 e. The van der Waals surface area contributed by atoms with Crippen LogP contribution in [-0.4, -0.2) is 10.9 Å². The number of carbonyl (C=O) groups is 1. The third-order valence-corrected chi connectivity index (χ3v) is 2.45. The number of anilines is 2. The maximum absolute atomic E-state index is 11.9. The van der Waals surface area contributed by atoms with Crippen LogP contribution in [0.2, 0.25) is 5.02 Å². The lowest BCUT2D eigenvalue weighted by atomic mass is 10.2. The lowest BCUT2D eigenvalue weighted by Crippen LogP contribution is -2.13. The molecule has 2 rings (SSSR count). The Balaban J connectivity index is 2.23. The Labute approximate surface area is 103 Å². The Morgan fingerprint density at radius 1 is 1.29 bits per heavy atom.